The van der Waals surface area contributed by atoms with Crippen molar-refractivity contribution in [1.82, 2.24) is 4.98 Å². The molecule has 0 saturated heterocycles. The number of aliphatic hydroxyl groups is 1. The average molecular weight is 260 g/mol. The van der Waals surface area contributed by atoms with Crippen LogP contribution in [0, 0.1) is 5.92 Å². The van der Waals surface area contributed by atoms with Gasteiger partial charge in [0.05, 0.1) is 6.10 Å². The molecule has 1 saturated carbocycles. The van der Waals surface area contributed by atoms with E-state index in [0.717, 1.165) is 23.9 Å². The largest absolute Gasteiger partial charge is 0.424 e. The first kappa shape index (κ1) is 12.5. The van der Waals surface area contributed by atoms with Crippen molar-refractivity contribution in [3.8, 4) is 0 Å². The lowest BCUT2D eigenvalue weighted by molar-refractivity contribution is 0.0952. The molecule has 4 nitrogen and oxygen atoms in total. The fraction of sp³-hybridized carbons (Fsp3) is 0.533. The van der Waals surface area contributed by atoms with E-state index in [0.29, 0.717) is 18.5 Å². The van der Waals surface area contributed by atoms with E-state index in [1.54, 1.807) is 0 Å². The SMILES string of the molecule is OC(CNc1nc2ccccc2o1)C1CCCCC1. The molecule has 0 spiro atoms. The normalized spacial score (nSPS) is 18.6. The van der Waals surface area contributed by atoms with Gasteiger partial charge < -0.3 is 14.8 Å². The van der Waals surface area contributed by atoms with E-state index in [9.17, 15) is 5.11 Å². The molecule has 2 aromatic rings. The quantitative estimate of drug-likeness (QED) is 0.886. The Morgan fingerprint density at radius 1 is 1.26 bits per heavy atom. The lowest BCUT2D eigenvalue weighted by Gasteiger charge is -2.26. The summed E-state index contributed by atoms with van der Waals surface area (Å²) >= 11 is 0. The van der Waals surface area contributed by atoms with E-state index < -0.39 is 0 Å². The summed E-state index contributed by atoms with van der Waals surface area (Å²) in [6.07, 6.45) is 5.75. The van der Waals surface area contributed by atoms with Gasteiger partial charge in [0.1, 0.15) is 5.52 Å². The minimum Gasteiger partial charge on any atom is -0.424 e. The Hall–Kier alpha value is -1.55. The first-order chi connectivity index (χ1) is 9.33. The first-order valence-corrected chi connectivity index (χ1v) is 7.10. The summed E-state index contributed by atoms with van der Waals surface area (Å²) < 4.78 is 5.57. The number of nitrogens with zero attached hydrogens (tertiary/aromatic N) is 1. The summed E-state index contributed by atoms with van der Waals surface area (Å²) in [5.74, 6) is 0.422. The number of rotatable bonds is 4. The molecule has 1 atom stereocenters. The maximum absolute atomic E-state index is 10.2. The van der Waals surface area contributed by atoms with E-state index in [1.165, 1.54) is 19.3 Å². The van der Waals surface area contributed by atoms with Crippen molar-refractivity contribution in [3.63, 3.8) is 0 Å². The van der Waals surface area contributed by atoms with E-state index >= 15 is 0 Å². The molecule has 0 amide bonds. The highest BCUT2D eigenvalue weighted by Crippen LogP contribution is 2.26. The zero-order valence-corrected chi connectivity index (χ0v) is 11.0. The number of benzene rings is 1. The van der Waals surface area contributed by atoms with E-state index in [-0.39, 0.29) is 6.10 Å². The monoisotopic (exact) mass is 260 g/mol. The van der Waals surface area contributed by atoms with Crippen LogP contribution < -0.4 is 5.32 Å². The van der Waals surface area contributed by atoms with Gasteiger partial charge in [-0.1, -0.05) is 31.4 Å². The molecule has 4 heteroatoms. The number of aliphatic hydroxyl groups excluding tert-OH is 1. The Bertz CT molecular complexity index is 499. The second kappa shape index (κ2) is 5.61. The van der Waals surface area contributed by atoms with E-state index in [2.05, 4.69) is 10.3 Å². The molecular formula is C15H20N2O2. The Morgan fingerprint density at radius 3 is 2.84 bits per heavy atom. The van der Waals surface area contributed by atoms with Crippen LogP contribution >= 0.6 is 0 Å². The number of hydrogen-bond donors (Lipinski definition) is 2. The molecule has 0 aliphatic heterocycles. The number of oxazole rings is 1. The highest BCUT2D eigenvalue weighted by Gasteiger charge is 2.21. The van der Waals surface area contributed by atoms with Gasteiger partial charge in [-0.3, -0.25) is 0 Å². The third-order valence-corrected chi connectivity index (χ3v) is 3.95. The van der Waals surface area contributed by atoms with Gasteiger partial charge in [0.15, 0.2) is 5.58 Å². The number of nitrogens with one attached hydrogen (secondary N) is 1. The Kier molecular flexibility index (Phi) is 3.69. The van der Waals surface area contributed by atoms with Gasteiger partial charge in [-0.05, 0) is 30.9 Å². The van der Waals surface area contributed by atoms with Crippen molar-refractivity contribution in [2.24, 2.45) is 5.92 Å². The van der Waals surface area contributed by atoms with Gasteiger partial charge in [0.2, 0.25) is 0 Å². The van der Waals surface area contributed by atoms with Crippen LogP contribution in [0.2, 0.25) is 0 Å². The van der Waals surface area contributed by atoms with E-state index in [1.807, 2.05) is 24.3 Å². The number of para-hydroxylation sites is 2. The number of fused-ring (bicyclic) bond motifs is 1. The third-order valence-electron chi connectivity index (χ3n) is 3.95. The molecule has 102 valence electrons. The molecule has 2 N–H and O–H groups in total. The van der Waals surface area contributed by atoms with Crippen LogP contribution in [0.1, 0.15) is 32.1 Å². The second-order valence-electron chi connectivity index (χ2n) is 5.33. The average Bonchev–Trinajstić information content (AvgIpc) is 2.88. The van der Waals surface area contributed by atoms with Crippen molar-refractivity contribution >= 4 is 17.1 Å². The fourth-order valence-corrected chi connectivity index (χ4v) is 2.83. The zero-order valence-electron chi connectivity index (χ0n) is 11.0. The van der Waals surface area contributed by atoms with Crippen molar-refractivity contribution in [2.75, 3.05) is 11.9 Å². The molecule has 1 aromatic carbocycles. The Balaban J connectivity index is 1.58. The summed E-state index contributed by atoms with van der Waals surface area (Å²) in [4.78, 5) is 4.34. The summed E-state index contributed by atoms with van der Waals surface area (Å²) in [5.41, 5.74) is 1.62. The van der Waals surface area contributed by atoms with Crippen LogP contribution in [-0.4, -0.2) is 22.7 Å². The molecule has 1 aliphatic carbocycles. The topological polar surface area (TPSA) is 58.3 Å². The molecule has 1 heterocycles. The molecule has 19 heavy (non-hydrogen) atoms. The molecule has 1 unspecified atom stereocenters. The van der Waals surface area contributed by atoms with Crippen LogP contribution in [-0.2, 0) is 0 Å². The predicted octanol–water partition coefficient (Wildman–Crippen LogP) is 3.18. The van der Waals surface area contributed by atoms with Gasteiger partial charge in [-0.2, -0.15) is 4.98 Å². The van der Waals surface area contributed by atoms with Crippen molar-refractivity contribution < 1.29 is 9.52 Å². The minimum absolute atomic E-state index is 0.310. The van der Waals surface area contributed by atoms with Crippen molar-refractivity contribution in [1.29, 1.82) is 0 Å². The van der Waals surface area contributed by atoms with Gasteiger partial charge >= 0.3 is 0 Å². The summed E-state index contributed by atoms with van der Waals surface area (Å²) in [6.45, 7) is 0.511. The van der Waals surface area contributed by atoms with E-state index in [4.69, 9.17) is 4.42 Å². The molecule has 1 fully saturated rings. The maximum Gasteiger partial charge on any atom is 0.295 e. The van der Waals surface area contributed by atoms with Gasteiger partial charge in [-0.25, -0.2) is 0 Å². The van der Waals surface area contributed by atoms with Gasteiger partial charge in [0, 0.05) is 6.54 Å². The third kappa shape index (κ3) is 2.89. The maximum atomic E-state index is 10.2. The lowest BCUT2D eigenvalue weighted by Crippen LogP contribution is -2.29. The number of hydrogen-bond acceptors (Lipinski definition) is 4. The predicted molar refractivity (Wildman–Crippen MR) is 75.1 cm³/mol. The molecular weight excluding hydrogens is 240 g/mol. The van der Waals surface area contributed by atoms with Crippen LogP contribution in [0.4, 0.5) is 6.01 Å². The summed E-state index contributed by atoms with van der Waals surface area (Å²) in [7, 11) is 0. The molecule has 0 bridgehead atoms. The summed E-state index contributed by atoms with van der Waals surface area (Å²) in [6, 6.07) is 8.17. The van der Waals surface area contributed by atoms with Crippen LogP contribution in [0.5, 0.6) is 0 Å². The summed E-state index contributed by atoms with van der Waals surface area (Å²) in [5, 5.41) is 13.3. The molecule has 1 aliphatic rings. The van der Waals surface area contributed by atoms with Crippen LogP contribution in [0.25, 0.3) is 11.1 Å². The van der Waals surface area contributed by atoms with Crippen LogP contribution in [0.3, 0.4) is 0 Å². The second-order valence-corrected chi connectivity index (χ2v) is 5.33. The van der Waals surface area contributed by atoms with Gasteiger partial charge in [0.25, 0.3) is 6.01 Å². The first-order valence-electron chi connectivity index (χ1n) is 7.10. The molecule has 0 radical (unpaired) electrons. The lowest BCUT2D eigenvalue weighted by atomic mass is 9.85. The Morgan fingerprint density at radius 2 is 2.05 bits per heavy atom. The van der Waals surface area contributed by atoms with Gasteiger partial charge in [-0.15, -0.1) is 0 Å². The number of anilines is 1. The Labute approximate surface area is 112 Å². The van der Waals surface area contributed by atoms with Crippen molar-refractivity contribution in [2.45, 2.75) is 38.2 Å². The smallest absolute Gasteiger partial charge is 0.295 e. The standard InChI is InChI=1S/C15H20N2O2/c18-13(11-6-2-1-3-7-11)10-16-15-17-12-8-4-5-9-14(12)19-15/h4-5,8-9,11,13,18H,1-3,6-7,10H2,(H,16,17). The highest BCUT2D eigenvalue weighted by molar-refractivity contribution is 5.74. The minimum atomic E-state index is -0.310. The number of aromatic nitrogens is 1. The molecule has 3 rings (SSSR count). The highest BCUT2D eigenvalue weighted by atomic mass is 16.4. The molecule has 1 aromatic heterocycles. The fourth-order valence-electron chi connectivity index (χ4n) is 2.83. The zero-order chi connectivity index (χ0) is 13.1. The van der Waals surface area contributed by atoms with Crippen LogP contribution in [0.15, 0.2) is 28.7 Å². The van der Waals surface area contributed by atoms with Crippen molar-refractivity contribution in [3.05, 3.63) is 24.3 Å².